The summed E-state index contributed by atoms with van der Waals surface area (Å²) in [6.07, 6.45) is 4.85. The summed E-state index contributed by atoms with van der Waals surface area (Å²) in [4.78, 5) is 30.8. The van der Waals surface area contributed by atoms with Gasteiger partial charge in [0.05, 0.1) is 24.3 Å². The van der Waals surface area contributed by atoms with Crippen LogP contribution in [0.2, 0.25) is 0 Å². The van der Waals surface area contributed by atoms with Crippen molar-refractivity contribution in [3.63, 3.8) is 0 Å². The van der Waals surface area contributed by atoms with E-state index < -0.39 is 12.0 Å². The Bertz CT molecular complexity index is 689. The van der Waals surface area contributed by atoms with Gasteiger partial charge in [-0.2, -0.15) is 0 Å². The zero-order chi connectivity index (χ0) is 20.5. The number of rotatable bonds is 11. The number of anilines is 1. The minimum atomic E-state index is -0.955. The summed E-state index contributed by atoms with van der Waals surface area (Å²) in [7, 11) is 0. The van der Waals surface area contributed by atoms with Crippen molar-refractivity contribution in [1.29, 1.82) is 0 Å². The first-order valence-corrected chi connectivity index (χ1v) is 10.1. The van der Waals surface area contributed by atoms with Gasteiger partial charge in [0.15, 0.2) is 5.78 Å². The molecule has 1 saturated carbocycles. The van der Waals surface area contributed by atoms with Crippen LogP contribution in [0, 0.1) is 11.8 Å². The van der Waals surface area contributed by atoms with E-state index in [2.05, 4.69) is 19.0 Å². The van der Waals surface area contributed by atoms with Gasteiger partial charge in [-0.25, -0.2) is 0 Å². The monoisotopic (exact) mass is 388 g/mol. The van der Waals surface area contributed by atoms with E-state index in [1.165, 1.54) is 0 Å². The van der Waals surface area contributed by atoms with Crippen molar-refractivity contribution < 1.29 is 19.5 Å². The summed E-state index contributed by atoms with van der Waals surface area (Å²) in [5.74, 6) is -0.871. The zero-order valence-corrected chi connectivity index (χ0v) is 16.7. The van der Waals surface area contributed by atoms with Crippen molar-refractivity contribution in [1.82, 2.24) is 0 Å². The summed E-state index contributed by atoms with van der Waals surface area (Å²) in [6.45, 7) is 6.30. The standard InChI is InChI=1S/C22H32N2O4/c1-3-5-6-7-16-12-17(25)13-20(26)21(16)22(27)18-11-15(14-23)8-9-19(18)24-28-10-4-2/h4,8-9,11,16,20-21,24,26H,2-3,5-7,10,12-14,23H2,1H3. The maximum atomic E-state index is 13.5. The third-order valence-corrected chi connectivity index (χ3v) is 5.30. The number of hydrogen-bond donors (Lipinski definition) is 3. The minimum Gasteiger partial charge on any atom is -0.392 e. The summed E-state index contributed by atoms with van der Waals surface area (Å²) in [5.41, 5.74) is 10.3. The Labute approximate surface area is 167 Å². The number of unbranched alkanes of at least 4 members (excludes halogenated alkanes) is 2. The molecule has 0 amide bonds. The first-order chi connectivity index (χ1) is 13.5. The van der Waals surface area contributed by atoms with Crippen LogP contribution in [0.1, 0.15) is 61.4 Å². The summed E-state index contributed by atoms with van der Waals surface area (Å²) < 4.78 is 0. The van der Waals surface area contributed by atoms with Gasteiger partial charge in [-0.3, -0.25) is 19.9 Å². The molecule has 0 heterocycles. The van der Waals surface area contributed by atoms with E-state index in [1.807, 2.05) is 6.07 Å². The lowest BCUT2D eigenvalue weighted by atomic mass is 9.71. The van der Waals surface area contributed by atoms with Crippen LogP contribution in [-0.2, 0) is 16.2 Å². The van der Waals surface area contributed by atoms with E-state index in [1.54, 1.807) is 18.2 Å². The van der Waals surface area contributed by atoms with Gasteiger partial charge >= 0.3 is 0 Å². The second-order valence-corrected chi connectivity index (χ2v) is 7.45. The highest BCUT2D eigenvalue weighted by Crippen LogP contribution is 2.36. The molecule has 1 aromatic carbocycles. The Hall–Kier alpha value is -2.02. The molecule has 1 fully saturated rings. The Morgan fingerprint density at radius 2 is 2.18 bits per heavy atom. The minimum absolute atomic E-state index is 0.0291. The maximum Gasteiger partial charge on any atom is 0.171 e. The van der Waals surface area contributed by atoms with Gasteiger partial charge in [-0.15, -0.1) is 6.58 Å². The smallest absolute Gasteiger partial charge is 0.171 e. The molecule has 2 rings (SSSR count). The number of ketones is 2. The highest BCUT2D eigenvalue weighted by molar-refractivity contribution is 6.04. The number of carbonyl (C=O) groups excluding carboxylic acids is 2. The van der Waals surface area contributed by atoms with Crippen LogP contribution in [-0.4, -0.2) is 29.4 Å². The molecule has 6 heteroatoms. The highest BCUT2D eigenvalue weighted by atomic mass is 16.6. The molecule has 0 bridgehead atoms. The first kappa shape index (κ1) is 22.3. The number of benzene rings is 1. The van der Waals surface area contributed by atoms with Gasteiger partial charge in [0, 0.05) is 24.9 Å². The van der Waals surface area contributed by atoms with Crippen LogP contribution in [0.15, 0.2) is 30.9 Å². The fourth-order valence-corrected chi connectivity index (χ4v) is 3.87. The highest BCUT2D eigenvalue weighted by Gasteiger charge is 2.41. The number of Topliss-reactive ketones (excluding diaryl/α,β-unsaturated/α-hetero) is 2. The molecule has 6 nitrogen and oxygen atoms in total. The molecule has 0 saturated heterocycles. The fourth-order valence-electron chi connectivity index (χ4n) is 3.87. The van der Waals surface area contributed by atoms with Crippen LogP contribution in [0.25, 0.3) is 0 Å². The molecular formula is C22H32N2O4. The lowest BCUT2D eigenvalue weighted by Crippen LogP contribution is -2.42. The molecule has 0 aromatic heterocycles. The van der Waals surface area contributed by atoms with Crippen LogP contribution >= 0.6 is 0 Å². The summed E-state index contributed by atoms with van der Waals surface area (Å²) in [5, 5.41) is 10.6. The Morgan fingerprint density at radius 1 is 1.39 bits per heavy atom. The third-order valence-electron chi connectivity index (χ3n) is 5.30. The Balaban J connectivity index is 2.31. The normalized spacial score (nSPS) is 22.1. The first-order valence-electron chi connectivity index (χ1n) is 10.1. The van der Waals surface area contributed by atoms with Gasteiger partial charge in [0.2, 0.25) is 0 Å². The molecule has 3 atom stereocenters. The van der Waals surface area contributed by atoms with Gasteiger partial charge in [0.1, 0.15) is 5.78 Å². The van der Waals surface area contributed by atoms with Crippen LogP contribution in [0.5, 0.6) is 0 Å². The molecule has 0 aliphatic heterocycles. The van der Waals surface area contributed by atoms with Crippen molar-refractivity contribution in [3.8, 4) is 0 Å². The van der Waals surface area contributed by atoms with Crippen LogP contribution in [0.4, 0.5) is 5.69 Å². The predicted octanol–water partition coefficient (Wildman–Crippen LogP) is 3.39. The number of carbonyl (C=O) groups is 2. The predicted molar refractivity (Wildman–Crippen MR) is 110 cm³/mol. The molecule has 1 aliphatic rings. The number of nitrogens with one attached hydrogen (secondary N) is 1. The van der Waals surface area contributed by atoms with E-state index in [-0.39, 0.29) is 30.5 Å². The largest absolute Gasteiger partial charge is 0.392 e. The zero-order valence-electron chi connectivity index (χ0n) is 16.7. The SMILES string of the molecule is C=CCONc1ccc(CN)cc1C(=O)C1C(O)CC(=O)CC1CCCCC. The molecule has 4 N–H and O–H groups in total. The number of aliphatic hydroxyl groups is 1. The van der Waals surface area contributed by atoms with Crippen LogP contribution in [0.3, 0.4) is 0 Å². The molecule has 3 unspecified atom stereocenters. The van der Waals surface area contributed by atoms with Crippen molar-refractivity contribution in [3.05, 3.63) is 42.0 Å². The van der Waals surface area contributed by atoms with Crippen molar-refractivity contribution in [2.75, 3.05) is 12.1 Å². The molecule has 154 valence electrons. The van der Waals surface area contributed by atoms with E-state index in [9.17, 15) is 14.7 Å². The molecule has 1 aliphatic carbocycles. The number of aliphatic hydroxyl groups excluding tert-OH is 1. The van der Waals surface area contributed by atoms with Crippen molar-refractivity contribution in [2.24, 2.45) is 17.6 Å². The molecular weight excluding hydrogens is 356 g/mol. The van der Waals surface area contributed by atoms with E-state index >= 15 is 0 Å². The second kappa shape index (κ2) is 11.1. The van der Waals surface area contributed by atoms with Gasteiger partial charge in [0.25, 0.3) is 0 Å². The Morgan fingerprint density at radius 3 is 2.86 bits per heavy atom. The fraction of sp³-hybridized carbons (Fsp3) is 0.545. The van der Waals surface area contributed by atoms with Gasteiger partial charge < -0.3 is 10.8 Å². The number of nitrogens with two attached hydrogens (primary N) is 1. The quantitative estimate of drug-likeness (QED) is 0.232. The number of hydrogen-bond acceptors (Lipinski definition) is 6. The van der Waals surface area contributed by atoms with Gasteiger partial charge in [-0.05, 0) is 30.0 Å². The van der Waals surface area contributed by atoms with Crippen LogP contribution < -0.4 is 11.2 Å². The average Bonchev–Trinajstić information content (AvgIpc) is 2.67. The topological polar surface area (TPSA) is 102 Å². The van der Waals surface area contributed by atoms with E-state index in [4.69, 9.17) is 10.6 Å². The lowest BCUT2D eigenvalue weighted by molar-refractivity contribution is -0.126. The molecule has 28 heavy (non-hydrogen) atoms. The average molecular weight is 389 g/mol. The van der Waals surface area contributed by atoms with E-state index in [0.717, 1.165) is 31.2 Å². The molecule has 1 aromatic rings. The molecule has 0 radical (unpaired) electrons. The summed E-state index contributed by atoms with van der Waals surface area (Å²) >= 11 is 0. The third kappa shape index (κ3) is 5.74. The van der Waals surface area contributed by atoms with Gasteiger partial charge in [-0.1, -0.05) is 38.3 Å². The van der Waals surface area contributed by atoms with E-state index in [0.29, 0.717) is 24.2 Å². The Kier molecular flexibility index (Phi) is 8.83. The second-order valence-electron chi connectivity index (χ2n) is 7.45. The maximum absolute atomic E-state index is 13.5. The molecule has 0 spiro atoms. The summed E-state index contributed by atoms with van der Waals surface area (Å²) in [6, 6.07) is 5.33. The van der Waals surface area contributed by atoms with Crippen molar-refractivity contribution >= 4 is 17.3 Å². The van der Waals surface area contributed by atoms with Crippen molar-refractivity contribution in [2.45, 2.75) is 58.1 Å². The lowest BCUT2D eigenvalue weighted by Gasteiger charge is -2.34.